The van der Waals surface area contributed by atoms with Crippen molar-refractivity contribution in [3.8, 4) is 0 Å². The number of amides is 2. The number of nitrogens with one attached hydrogen (secondary N) is 1. The lowest BCUT2D eigenvalue weighted by Crippen LogP contribution is -2.47. The third-order valence-electron chi connectivity index (χ3n) is 3.92. The molecule has 0 aromatic heterocycles. The molecule has 19 heavy (non-hydrogen) atoms. The second-order valence-corrected chi connectivity index (χ2v) is 5.36. The highest BCUT2D eigenvalue weighted by molar-refractivity contribution is 5.76. The molecule has 0 aromatic rings. The lowest BCUT2D eigenvalue weighted by Gasteiger charge is -2.30. The minimum Gasteiger partial charge on any atom is -0.481 e. The molecule has 2 aliphatic rings. The van der Waals surface area contributed by atoms with Crippen LogP contribution < -0.4 is 5.32 Å². The van der Waals surface area contributed by atoms with Crippen molar-refractivity contribution in [2.45, 2.75) is 38.5 Å². The molecule has 1 aliphatic heterocycles. The minimum atomic E-state index is -0.798. The molecular weight excluding hydrogens is 244 g/mol. The highest BCUT2D eigenvalue weighted by atomic mass is 16.4. The van der Waals surface area contributed by atoms with Gasteiger partial charge in [0.25, 0.3) is 0 Å². The Morgan fingerprint density at radius 2 is 2.26 bits per heavy atom. The van der Waals surface area contributed by atoms with Gasteiger partial charge in [0.2, 0.25) is 0 Å². The van der Waals surface area contributed by atoms with Crippen molar-refractivity contribution in [2.24, 2.45) is 5.92 Å². The summed E-state index contributed by atoms with van der Waals surface area (Å²) < 4.78 is 0. The van der Waals surface area contributed by atoms with Crippen LogP contribution in [-0.2, 0) is 4.79 Å². The van der Waals surface area contributed by atoms with E-state index in [0.717, 1.165) is 25.7 Å². The van der Waals surface area contributed by atoms with Gasteiger partial charge in [0, 0.05) is 19.6 Å². The Hall–Kier alpha value is -1.52. The lowest BCUT2D eigenvalue weighted by molar-refractivity contribution is -0.143. The number of likely N-dealkylation sites (tertiary alicyclic amines) is 1. The molecule has 0 spiro atoms. The van der Waals surface area contributed by atoms with Crippen LogP contribution in [0.3, 0.4) is 0 Å². The molecule has 1 atom stereocenters. The number of carboxylic acids is 1. The quantitative estimate of drug-likeness (QED) is 0.765. The van der Waals surface area contributed by atoms with Crippen molar-refractivity contribution < 1.29 is 14.7 Å². The fourth-order valence-corrected chi connectivity index (χ4v) is 2.77. The smallest absolute Gasteiger partial charge is 0.317 e. The van der Waals surface area contributed by atoms with E-state index in [0.29, 0.717) is 26.1 Å². The number of aliphatic carboxylic acids is 1. The number of piperidine rings is 1. The van der Waals surface area contributed by atoms with Crippen LogP contribution in [0, 0.1) is 5.92 Å². The first-order valence-corrected chi connectivity index (χ1v) is 7.10. The van der Waals surface area contributed by atoms with Gasteiger partial charge in [-0.2, -0.15) is 0 Å². The van der Waals surface area contributed by atoms with Crippen molar-refractivity contribution >= 4 is 12.0 Å². The monoisotopic (exact) mass is 266 g/mol. The molecule has 2 N–H and O–H groups in total. The number of rotatable bonds is 4. The summed E-state index contributed by atoms with van der Waals surface area (Å²) in [6.07, 6.45) is 8.17. The first-order chi connectivity index (χ1) is 9.16. The van der Waals surface area contributed by atoms with Crippen LogP contribution in [0.5, 0.6) is 0 Å². The molecule has 5 nitrogen and oxygen atoms in total. The van der Waals surface area contributed by atoms with Crippen LogP contribution in [0.2, 0.25) is 0 Å². The van der Waals surface area contributed by atoms with Crippen LogP contribution >= 0.6 is 0 Å². The molecule has 1 heterocycles. The Morgan fingerprint density at radius 3 is 2.95 bits per heavy atom. The van der Waals surface area contributed by atoms with Gasteiger partial charge in [-0.3, -0.25) is 4.79 Å². The summed E-state index contributed by atoms with van der Waals surface area (Å²) in [5, 5.41) is 11.9. The largest absolute Gasteiger partial charge is 0.481 e. The third-order valence-corrected chi connectivity index (χ3v) is 3.92. The van der Waals surface area contributed by atoms with Crippen LogP contribution in [0.15, 0.2) is 11.6 Å². The number of hydrogen-bond donors (Lipinski definition) is 2. The topological polar surface area (TPSA) is 69.6 Å². The van der Waals surface area contributed by atoms with Crippen LogP contribution in [0.25, 0.3) is 0 Å². The Bertz CT molecular complexity index is 379. The van der Waals surface area contributed by atoms with E-state index in [1.807, 2.05) is 0 Å². The minimum absolute atomic E-state index is 0.121. The molecule has 2 rings (SSSR count). The zero-order valence-electron chi connectivity index (χ0n) is 11.2. The number of carboxylic acid groups (broad SMARTS) is 1. The first-order valence-electron chi connectivity index (χ1n) is 7.10. The van der Waals surface area contributed by atoms with Gasteiger partial charge in [0.05, 0.1) is 5.92 Å². The van der Waals surface area contributed by atoms with E-state index in [2.05, 4.69) is 11.4 Å². The average molecular weight is 266 g/mol. The van der Waals surface area contributed by atoms with E-state index in [1.165, 1.54) is 12.0 Å². The van der Waals surface area contributed by atoms with Gasteiger partial charge in [-0.05, 0) is 38.5 Å². The van der Waals surface area contributed by atoms with Crippen molar-refractivity contribution in [1.29, 1.82) is 0 Å². The molecular formula is C14H22N2O3. The standard InChI is InChI=1S/C14H22N2O3/c17-13(18)12-6-3-9-16(10-12)14(19)15-8-7-11-4-1-2-5-11/h4,12H,1-3,5-10H2,(H,15,19)(H,17,18)/t12-/m0/s1. The van der Waals surface area contributed by atoms with Gasteiger partial charge < -0.3 is 15.3 Å². The Balaban J connectivity index is 1.71. The van der Waals surface area contributed by atoms with E-state index in [1.54, 1.807) is 4.90 Å². The van der Waals surface area contributed by atoms with Crippen molar-refractivity contribution in [2.75, 3.05) is 19.6 Å². The summed E-state index contributed by atoms with van der Waals surface area (Å²) in [5.74, 6) is -1.20. The average Bonchev–Trinajstić information content (AvgIpc) is 2.92. The van der Waals surface area contributed by atoms with Crippen molar-refractivity contribution in [3.63, 3.8) is 0 Å². The maximum atomic E-state index is 11.9. The SMILES string of the molecule is O=C(O)[C@H]1CCCN(C(=O)NCCC2=CCCC2)C1. The van der Waals surface area contributed by atoms with E-state index < -0.39 is 11.9 Å². The van der Waals surface area contributed by atoms with Gasteiger partial charge >= 0.3 is 12.0 Å². The Kier molecular flexibility index (Phi) is 4.82. The highest BCUT2D eigenvalue weighted by Crippen LogP contribution is 2.20. The maximum absolute atomic E-state index is 11.9. The zero-order valence-corrected chi connectivity index (χ0v) is 11.2. The maximum Gasteiger partial charge on any atom is 0.317 e. The van der Waals surface area contributed by atoms with E-state index in [4.69, 9.17) is 5.11 Å². The van der Waals surface area contributed by atoms with Crippen LogP contribution in [0.1, 0.15) is 38.5 Å². The van der Waals surface area contributed by atoms with Gasteiger partial charge in [-0.25, -0.2) is 4.79 Å². The predicted octanol–water partition coefficient (Wildman–Crippen LogP) is 1.99. The molecule has 1 fully saturated rings. The molecule has 106 valence electrons. The molecule has 2 amide bonds. The Morgan fingerprint density at radius 1 is 1.42 bits per heavy atom. The normalized spacial score (nSPS) is 23.1. The predicted molar refractivity (Wildman–Crippen MR) is 71.9 cm³/mol. The molecule has 0 aromatic carbocycles. The lowest BCUT2D eigenvalue weighted by atomic mass is 9.99. The number of nitrogens with zero attached hydrogens (tertiary/aromatic N) is 1. The first kappa shape index (κ1) is 13.9. The van der Waals surface area contributed by atoms with Crippen LogP contribution in [0.4, 0.5) is 4.79 Å². The number of carbonyl (C=O) groups excluding carboxylic acids is 1. The fraction of sp³-hybridized carbons (Fsp3) is 0.714. The summed E-state index contributed by atoms with van der Waals surface area (Å²) in [6, 6.07) is -0.121. The summed E-state index contributed by atoms with van der Waals surface area (Å²) in [5.41, 5.74) is 1.43. The summed E-state index contributed by atoms with van der Waals surface area (Å²) in [6.45, 7) is 1.65. The highest BCUT2D eigenvalue weighted by Gasteiger charge is 2.27. The number of carbonyl (C=O) groups is 2. The molecule has 1 saturated heterocycles. The van der Waals surface area contributed by atoms with Crippen molar-refractivity contribution in [1.82, 2.24) is 10.2 Å². The molecule has 0 unspecified atom stereocenters. The van der Waals surface area contributed by atoms with Gasteiger partial charge in [0.1, 0.15) is 0 Å². The number of urea groups is 1. The number of allylic oxidation sites excluding steroid dienone is 1. The summed E-state index contributed by atoms with van der Waals surface area (Å²) in [7, 11) is 0. The van der Waals surface area contributed by atoms with Crippen molar-refractivity contribution in [3.05, 3.63) is 11.6 Å². The zero-order chi connectivity index (χ0) is 13.7. The fourth-order valence-electron chi connectivity index (χ4n) is 2.77. The molecule has 0 saturated carbocycles. The second-order valence-electron chi connectivity index (χ2n) is 5.36. The number of hydrogen-bond acceptors (Lipinski definition) is 2. The van der Waals surface area contributed by atoms with E-state index >= 15 is 0 Å². The molecule has 1 aliphatic carbocycles. The van der Waals surface area contributed by atoms with Gasteiger partial charge in [-0.1, -0.05) is 11.6 Å². The Labute approximate surface area is 113 Å². The van der Waals surface area contributed by atoms with E-state index in [-0.39, 0.29) is 6.03 Å². The molecule has 5 heteroatoms. The molecule has 0 radical (unpaired) electrons. The summed E-state index contributed by atoms with van der Waals surface area (Å²) in [4.78, 5) is 24.5. The van der Waals surface area contributed by atoms with E-state index in [9.17, 15) is 9.59 Å². The molecule has 0 bridgehead atoms. The third kappa shape index (κ3) is 3.98. The second kappa shape index (κ2) is 6.59. The summed E-state index contributed by atoms with van der Waals surface area (Å²) >= 11 is 0. The van der Waals surface area contributed by atoms with Crippen LogP contribution in [-0.4, -0.2) is 41.6 Å². The van der Waals surface area contributed by atoms with Gasteiger partial charge in [0.15, 0.2) is 0 Å². The van der Waals surface area contributed by atoms with Gasteiger partial charge in [-0.15, -0.1) is 0 Å².